The van der Waals surface area contributed by atoms with Crippen LogP contribution in [-0.2, 0) is 0 Å². The molecule has 7 heteroatoms. The van der Waals surface area contributed by atoms with Crippen LogP contribution in [0.2, 0.25) is 0 Å². The minimum absolute atomic E-state index is 0.688. The molecular formula is C22H14N6S. The van der Waals surface area contributed by atoms with E-state index in [4.69, 9.17) is 0 Å². The number of H-pyrrole nitrogens is 2. The molecule has 0 aliphatic carbocycles. The van der Waals surface area contributed by atoms with E-state index >= 15 is 0 Å². The van der Waals surface area contributed by atoms with Gasteiger partial charge in [0.05, 0.1) is 23.1 Å². The maximum atomic E-state index is 4.53. The summed E-state index contributed by atoms with van der Waals surface area (Å²) in [4.78, 5) is 17.7. The third-order valence-electron chi connectivity index (χ3n) is 5.02. The molecule has 0 bridgehead atoms. The first-order valence-corrected chi connectivity index (χ1v) is 10.0. The maximum absolute atomic E-state index is 4.53. The summed E-state index contributed by atoms with van der Waals surface area (Å²) in [6.07, 6.45) is 9.18. The Morgan fingerprint density at radius 1 is 0.862 bits per heavy atom. The van der Waals surface area contributed by atoms with Crippen LogP contribution >= 0.6 is 11.3 Å². The van der Waals surface area contributed by atoms with Crippen molar-refractivity contribution in [3.8, 4) is 33.0 Å². The van der Waals surface area contributed by atoms with Gasteiger partial charge in [-0.25, -0.2) is 4.98 Å². The number of hydrogen-bond acceptors (Lipinski definition) is 5. The molecule has 0 aromatic carbocycles. The van der Waals surface area contributed by atoms with Crippen molar-refractivity contribution in [2.24, 2.45) is 0 Å². The van der Waals surface area contributed by atoms with Crippen molar-refractivity contribution in [3.63, 3.8) is 0 Å². The lowest BCUT2D eigenvalue weighted by Gasteiger charge is -2.01. The predicted octanol–water partition coefficient (Wildman–Crippen LogP) is 5.29. The highest BCUT2D eigenvalue weighted by Crippen LogP contribution is 2.35. The lowest BCUT2D eigenvalue weighted by atomic mass is 10.1. The van der Waals surface area contributed by atoms with Crippen LogP contribution in [0.25, 0.3) is 54.9 Å². The van der Waals surface area contributed by atoms with Gasteiger partial charge in [-0.3, -0.25) is 15.1 Å². The summed E-state index contributed by atoms with van der Waals surface area (Å²) in [7, 11) is 0. The Morgan fingerprint density at radius 3 is 2.66 bits per heavy atom. The van der Waals surface area contributed by atoms with Crippen LogP contribution in [0, 0.1) is 0 Å². The summed E-state index contributed by atoms with van der Waals surface area (Å²) < 4.78 is 0. The van der Waals surface area contributed by atoms with Crippen molar-refractivity contribution < 1.29 is 0 Å². The number of thiophene rings is 1. The van der Waals surface area contributed by atoms with Crippen LogP contribution in [-0.4, -0.2) is 30.1 Å². The standard InChI is InChI=1S/C22H14N6S/c1-2-20(29-7-1)17-11-24-12-19-15(17)9-18(26-19)21-16-8-14(10-25-22(16)28-27-21)13-3-5-23-6-4-13/h1-12,26H,(H,25,27,28). The molecule has 6 heterocycles. The summed E-state index contributed by atoms with van der Waals surface area (Å²) in [6, 6.07) is 12.4. The van der Waals surface area contributed by atoms with Gasteiger partial charge in [0.15, 0.2) is 5.65 Å². The summed E-state index contributed by atoms with van der Waals surface area (Å²) in [5.74, 6) is 0. The number of hydrogen-bond donors (Lipinski definition) is 2. The Kier molecular flexibility index (Phi) is 3.54. The first-order valence-electron chi connectivity index (χ1n) is 9.12. The van der Waals surface area contributed by atoms with Crippen LogP contribution in [0.4, 0.5) is 0 Å². The van der Waals surface area contributed by atoms with E-state index in [1.165, 1.54) is 4.88 Å². The molecule has 0 atom stereocenters. The fourth-order valence-electron chi connectivity index (χ4n) is 3.62. The van der Waals surface area contributed by atoms with E-state index in [0.717, 1.165) is 44.4 Å². The lowest BCUT2D eigenvalue weighted by molar-refractivity contribution is 1.10. The number of pyridine rings is 3. The number of rotatable bonds is 3. The minimum Gasteiger partial charge on any atom is -0.352 e. The van der Waals surface area contributed by atoms with E-state index in [9.17, 15) is 0 Å². The lowest BCUT2D eigenvalue weighted by Crippen LogP contribution is -1.83. The van der Waals surface area contributed by atoms with Crippen molar-refractivity contribution in [3.05, 3.63) is 72.8 Å². The molecule has 0 aliphatic rings. The van der Waals surface area contributed by atoms with Gasteiger partial charge in [-0.1, -0.05) is 6.07 Å². The van der Waals surface area contributed by atoms with Gasteiger partial charge >= 0.3 is 0 Å². The highest BCUT2D eigenvalue weighted by molar-refractivity contribution is 7.13. The third kappa shape index (κ3) is 2.63. The molecule has 29 heavy (non-hydrogen) atoms. The molecule has 0 amide bonds. The second-order valence-corrected chi connectivity index (χ2v) is 7.69. The van der Waals surface area contributed by atoms with Crippen LogP contribution < -0.4 is 0 Å². The van der Waals surface area contributed by atoms with Gasteiger partial charge in [-0.15, -0.1) is 11.3 Å². The van der Waals surface area contributed by atoms with Crippen molar-refractivity contribution in [1.82, 2.24) is 30.1 Å². The van der Waals surface area contributed by atoms with Gasteiger partial charge in [0.1, 0.15) is 0 Å². The van der Waals surface area contributed by atoms with E-state index < -0.39 is 0 Å². The molecule has 0 unspecified atom stereocenters. The average molecular weight is 394 g/mol. The second kappa shape index (κ2) is 6.35. The van der Waals surface area contributed by atoms with Gasteiger partial charge in [0.25, 0.3) is 0 Å². The molecule has 6 nitrogen and oxygen atoms in total. The molecule has 0 saturated heterocycles. The van der Waals surface area contributed by atoms with E-state index in [2.05, 4.69) is 59.8 Å². The molecule has 0 saturated carbocycles. The SMILES string of the molecule is c1csc(-c2cncc3[nH]c(-c4[nH]nc5ncc(-c6ccncc6)cc45)cc23)c1. The first kappa shape index (κ1) is 16.1. The molecule has 0 fully saturated rings. The molecule has 2 N–H and O–H groups in total. The van der Waals surface area contributed by atoms with E-state index in [1.807, 2.05) is 30.7 Å². The summed E-state index contributed by atoms with van der Waals surface area (Å²) in [5.41, 5.74) is 6.78. The highest BCUT2D eigenvalue weighted by atomic mass is 32.1. The predicted molar refractivity (Wildman–Crippen MR) is 116 cm³/mol. The van der Waals surface area contributed by atoms with Crippen LogP contribution in [0.3, 0.4) is 0 Å². The Morgan fingerprint density at radius 2 is 1.79 bits per heavy atom. The molecule has 0 radical (unpaired) electrons. The first-order chi connectivity index (χ1) is 14.4. The average Bonchev–Trinajstić information content (AvgIpc) is 3.52. The Hall–Kier alpha value is -3.84. The quantitative estimate of drug-likeness (QED) is 0.427. The second-order valence-electron chi connectivity index (χ2n) is 6.74. The largest absolute Gasteiger partial charge is 0.352 e. The summed E-state index contributed by atoms with van der Waals surface area (Å²) in [6.45, 7) is 0. The fraction of sp³-hybridized carbons (Fsp3) is 0. The number of nitrogens with one attached hydrogen (secondary N) is 2. The van der Waals surface area contributed by atoms with Crippen LogP contribution in [0.15, 0.2) is 72.8 Å². The highest BCUT2D eigenvalue weighted by Gasteiger charge is 2.15. The van der Waals surface area contributed by atoms with E-state index in [1.54, 1.807) is 23.7 Å². The number of aromatic amines is 2. The van der Waals surface area contributed by atoms with Gasteiger partial charge in [0.2, 0.25) is 0 Å². The molecule has 138 valence electrons. The summed E-state index contributed by atoms with van der Waals surface area (Å²) >= 11 is 1.71. The fourth-order valence-corrected chi connectivity index (χ4v) is 4.37. The number of nitrogens with zero attached hydrogens (tertiary/aromatic N) is 4. The summed E-state index contributed by atoms with van der Waals surface area (Å²) in [5, 5.41) is 11.7. The zero-order valence-corrected chi connectivity index (χ0v) is 15.9. The van der Waals surface area contributed by atoms with Gasteiger partial charge < -0.3 is 4.98 Å². The topological polar surface area (TPSA) is 83.1 Å². The van der Waals surface area contributed by atoms with Crippen molar-refractivity contribution in [2.45, 2.75) is 0 Å². The molecular weight excluding hydrogens is 380 g/mol. The van der Waals surface area contributed by atoms with Crippen LogP contribution in [0.5, 0.6) is 0 Å². The van der Waals surface area contributed by atoms with Crippen molar-refractivity contribution in [1.29, 1.82) is 0 Å². The number of aromatic nitrogens is 6. The molecule has 6 aromatic heterocycles. The normalized spacial score (nSPS) is 11.4. The Labute approximate surface area is 169 Å². The Balaban J connectivity index is 1.53. The maximum Gasteiger partial charge on any atom is 0.181 e. The monoisotopic (exact) mass is 394 g/mol. The molecule has 6 aromatic rings. The molecule has 0 spiro atoms. The molecule has 6 rings (SSSR count). The zero-order valence-electron chi connectivity index (χ0n) is 15.1. The van der Waals surface area contributed by atoms with Crippen molar-refractivity contribution >= 4 is 33.3 Å². The Bertz CT molecular complexity index is 1450. The van der Waals surface area contributed by atoms with Crippen LogP contribution in [0.1, 0.15) is 0 Å². The zero-order chi connectivity index (χ0) is 19.2. The molecule has 0 aliphatic heterocycles. The van der Waals surface area contributed by atoms with Gasteiger partial charge in [-0.2, -0.15) is 5.10 Å². The van der Waals surface area contributed by atoms with Gasteiger partial charge in [-0.05, 0) is 41.3 Å². The third-order valence-corrected chi connectivity index (χ3v) is 5.93. The van der Waals surface area contributed by atoms with Gasteiger partial charge in [0, 0.05) is 51.6 Å². The van der Waals surface area contributed by atoms with E-state index in [-0.39, 0.29) is 0 Å². The minimum atomic E-state index is 0.688. The van der Waals surface area contributed by atoms with E-state index in [0.29, 0.717) is 5.65 Å². The van der Waals surface area contributed by atoms with Crippen molar-refractivity contribution in [2.75, 3.05) is 0 Å². The smallest absolute Gasteiger partial charge is 0.181 e. The number of fused-ring (bicyclic) bond motifs is 2.